The third-order valence-electron chi connectivity index (χ3n) is 10.9. The van der Waals surface area contributed by atoms with Crippen molar-refractivity contribution in [1.29, 1.82) is 0 Å². The lowest BCUT2D eigenvalue weighted by Crippen LogP contribution is -2.15. The Morgan fingerprint density at radius 2 is 0.500 bits per heavy atom. The monoisotopic (exact) mass is 1090 g/mol. The standard InChI is InChI=1S/C50H38O16S6/c51-43-25-21-39(31-47(43)69(57,58)35-13-5-1-6-14-35)67(53,54)41-23-27-45(49(33-41)71(61,62)37-17-9-3-10-18-37)65-29-30-66-46-28-24-42(34-50(46)72(63,64)38-19-11-4-12-20-38)68(55,56)40-22-26-44(52)48(32-40)70(59,60)36-15-7-2-8-16-36/h1-28,31-34,51-52H,29-30H2. The first-order valence-corrected chi connectivity index (χ1v) is 29.9. The van der Waals surface area contributed by atoms with Gasteiger partial charge in [-0.05, 0) is 121 Å². The van der Waals surface area contributed by atoms with Crippen LogP contribution in [0.3, 0.4) is 0 Å². The van der Waals surface area contributed by atoms with Crippen LogP contribution < -0.4 is 9.47 Å². The second-order valence-electron chi connectivity index (χ2n) is 15.4. The smallest absolute Gasteiger partial charge is 0.210 e. The molecule has 8 rings (SSSR count). The first kappa shape index (κ1) is 51.0. The fraction of sp³-hybridized carbons (Fsp3) is 0.0400. The Labute approximate surface area is 415 Å². The number of aromatic hydroxyl groups is 2. The Kier molecular flexibility index (Phi) is 14.0. The van der Waals surface area contributed by atoms with Crippen molar-refractivity contribution < 1.29 is 70.2 Å². The van der Waals surface area contributed by atoms with E-state index < -0.39 is 123 Å². The summed E-state index contributed by atoms with van der Waals surface area (Å²) in [5.41, 5.74) is 0. The summed E-state index contributed by atoms with van der Waals surface area (Å²) in [6.07, 6.45) is 0. The topological polar surface area (TPSA) is 264 Å². The molecule has 16 nitrogen and oxygen atoms in total. The molecule has 0 aliphatic rings. The number of sulfone groups is 6. The SMILES string of the molecule is O=S(=O)(c1ccc(O)c(S(=O)(=O)c2ccccc2)c1)c1ccc(OCCOc2ccc(S(=O)(=O)c3ccc(O)c(S(=O)(=O)c4ccccc4)c3)cc2S(=O)(=O)c2ccccc2)c(S(=O)(=O)c2ccccc2)c1. The number of rotatable bonds is 17. The maximum absolute atomic E-state index is 14.2. The summed E-state index contributed by atoms with van der Waals surface area (Å²) in [6.45, 7) is -1.03. The van der Waals surface area contributed by atoms with Crippen LogP contribution in [0.1, 0.15) is 0 Å². The first-order valence-electron chi connectivity index (χ1n) is 21.0. The van der Waals surface area contributed by atoms with Crippen LogP contribution in [0.2, 0.25) is 0 Å². The molecule has 0 heterocycles. The molecular formula is C50H38O16S6. The molecule has 8 aromatic carbocycles. The van der Waals surface area contributed by atoms with E-state index in [1.807, 2.05) is 0 Å². The molecule has 8 aromatic rings. The van der Waals surface area contributed by atoms with Gasteiger partial charge in [-0.15, -0.1) is 0 Å². The van der Waals surface area contributed by atoms with E-state index in [1.165, 1.54) is 97.1 Å². The Hall–Kier alpha value is -7.34. The Balaban J connectivity index is 1.12. The zero-order chi connectivity index (χ0) is 51.7. The van der Waals surface area contributed by atoms with Gasteiger partial charge in [-0.1, -0.05) is 72.8 Å². The molecule has 0 spiro atoms. The first-order chi connectivity index (χ1) is 34.1. The lowest BCUT2D eigenvalue weighted by atomic mass is 10.3. The minimum atomic E-state index is -4.72. The normalized spacial score (nSPS) is 12.5. The molecule has 0 amide bonds. The molecule has 370 valence electrons. The van der Waals surface area contributed by atoms with Gasteiger partial charge in [0.05, 0.1) is 39.2 Å². The molecule has 0 saturated heterocycles. The van der Waals surface area contributed by atoms with Crippen molar-refractivity contribution in [2.24, 2.45) is 0 Å². The third kappa shape index (κ3) is 9.83. The zero-order valence-electron chi connectivity index (χ0n) is 36.9. The molecule has 0 aliphatic heterocycles. The summed E-state index contributed by atoms with van der Waals surface area (Å²) in [7, 11) is -27.4. The van der Waals surface area contributed by atoms with Gasteiger partial charge in [-0.2, -0.15) is 0 Å². The van der Waals surface area contributed by atoms with Crippen molar-refractivity contribution in [3.05, 3.63) is 194 Å². The van der Waals surface area contributed by atoms with E-state index >= 15 is 0 Å². The lowest BCUT2D eigenvalue weighted by Gasteiger charge is -2.17. The molecule has 22 heteroatoms. The van der Waals surface area contributed by atoms with Crippen LogP contribution in [0.5, 0.6) is 23.0 Å². The highest BCUT2D eigenvalue weighted by atomic mass is 32.2. The molecule has 0 aliphatic carbocycles. The van der Waals surface area contributed by atoms with Crippen molar-refractivity contribution >= 4 is 59.0 Å². The number of phenols is 2. The maximum Gasteiger partial charge on any atom is 0.210 e. The van der Waals surface area contributed by atoms with Gasteiger partial charge in [0.25, 0.3) is 0 Å². The van der Waals surface area contributed by atoms with Gasteiger partial charge < -0.3 is 19.7 Å². The van der Waals surface area contributed by atoms with Gasteiger partial charge in [-0.25, -0.2) is 50.5 Å². The van der Waals surface area contributed by atoms with Crippen molar-refractivity contribution in [3.8, 4) is 23.0 Å². The Morgan fingerprint density at radius 1 is 0.264 bits per heavy atom. The highest BCUT2D eigenvalue weighted by molar-refractivity contribution is 7.93. The third-order valence-corrected chi connectivity index (χ3v) is 21.6. The van der Waals surface area contributed by atoms with Crippen LogP contribution >= 0.6 is 0 Å². The molecular weight excluding hydrogens is 1050 g/mol. The van der Waals surface area contributed by atoms with Crippen molar-refractivity contribution in [2.45, 2.75) is 58.7 Å². The molecule has 0 saturated carbocycles. The van der Waals surface area contributed by atoms with Crippen LogP contribution in [0.25, 0.3) is 0 Å². The summed E-state index contributed by atoms with van der Waals surface area (Å²) < 4.78 is 179. The summed E-state index contributed by atoms with van der Waals surface area (Å²) in [6, 6.07) is 38.8. The quantitative estimate of drug-likeness (QED) is 0.0834. The predicted molar refractivity (Wildman–Crippen MR) is 259 cm³/mol. The van der Waals surface area contributed by atoms with Gasteiger partial charge in [0, 0.05) is 0 Å². The summed E-state index contributed by atoms with van der Waals surface area (Å²) in [5.74, 6) is -2.21. The Bertz CT molecular complexity index is 3800. The van der Waals surface area contributed by atoms with Gasteiger partial charge in [0.15, 0.2) is 0 Å². The molecule has 0 fully saturated rings. The Morgan fingerprint density at radius 3 is 0.778 bits per heavy atom. The predicted octanol–water partition coefficient (Wildman–Crippen LogP) is 7.55. The molecule has 0 radical (unpaired) electrons. The van der Waals surface area contributed by atoms with E-state index in [4.69, 9.17) is 9.47 Å². The zero-order valence-corrected chi connectivity index (χ0v) is 41.8. The van der Waals surface area contributed by atoms with E-state index in [2.05, 4.69) is 0 Å². The van der Waals surface area contributed by atoms with Crippen LogP contribution in [0.4, 0.5) is 0 Å². The van der Waals surface area contributed by atoms with Crippen molar-refractivity contribution in [2.75, 3.05) is 13.2 Å². The van der Waals surface area contributed by atoms with Gasteiger partial charge in [0.1, 0.15) is 55.8 Å². The molecule has 72 heavy (non-hydrogen) atoms. The largest absolute Gasteiger partial charge is 0.507 e. The highest BCUT2D eigenvalue weighted by Gasteiger charge is 2.32. The number of hydrogen-bond acceptors (Lipinski definition) is 16. The van der Waals surface area contributed by atoms with Crippen molar-refractivity contribution in [1.82, 2.24) is 0 Å². The lowest BCUT2D eigenvalue weighted by molar-refractivity contribution is 0.210. The van der Waals surface area contributed by atoms with Gasteiger partial charge >= 0.3 is 0 Å². The fourth-order valence-electron chi connectivity index (χ4n) is 7.21. The molecule has 2 N–H and O–H groups in total. The van der Waals surface area contributed by atoms with Crippen LogP contribution in [-0.2, 0) is 59.0 Å². The molecule has 0 atom stereocenters. The molecule has 0 aromatic heterocycles. The van der Waals surface area contributed by atoms with Gasteiger partial charge in [-0.3, -0.25) is 0 Å². The summed E-state index contributed by atoms with van der Waals surface area (Å²) in [5, 5.41) is 21.1. The average molecular weight is 1090 g/mol. The minimum absolute atomic E-state index is 0.226. The molecule has 0 bridgehead atoms. The van der Waals surface area contributed by atoms with Crippen LogP contribution in [0.15, 0.2) is 253 Å². The van der Waals surface area contributed by atoms with E-state index in [0.717, 1.165) is 72.8 Å². The maximum atomic E-state index is 14.2. The van der Waals surface area contributed by atoms with E-state index in [1.54, 1.807) is 24.3 Å². The second-order valence-corrected chi connectivity index (χ2v) is 27.0. The van der Waals surface area contributed by atoms with Gasteiger partial charge in [0.2, 0.25) is 59.0 Å². The van der Waals surface area contributed by atoms with E-state index in [9.17, 15) is 60.7 Å². The number of phenolic OH excluding ortho intramolecular Hbond substituents is 2. The van der Waals surface area contributed by atoms with E-state index in [-0.39, 0.29) is 31.1 Å². The van der Waals surface area contributed by atoms with Crippen LogP contribution in [-0.4, -0.2) is 73.9 Å². The molecule has 0 unspecified atom stereocenters. The minimum Gasteiger partial charge on any atom is -0.507 e. The number of hydrogen-bond donors (Lipinski definition) is 2. The second kappa shape index (κ2) is 19.7. The number of benzene rings is 8. The highest BCUT2D eigenvalue weighted by Crippen LogP contribution is 2.39. The number of ether oxygens (including phenoxy) is 2. The summed E-state index contributed by atoms with van der Waals surface area (Å²) >= 11 is 0. The van der Waals surface area contributed by atoms with Crippen LogP contribution in [0, 0.1) is 0 Å². The summed E-state index contributed by atoms with van der Waals surface area (Å²) in [4.78, 5) is -6.05. The fourth-order valence-corrected chi connectivity index (χ4v) is 15.8. The van der Waals surface area contributed by atoms with E-state index in [0.29, 0.717) is 0 Å². The average Bonchev–Trinajstić information content (AvgIpc) is 3.38. The van der Waals surface area contributed by atoms with Crippen molar-refractivity contribution in [3.63, 3.8) is 0 Å².